The van der Waals surface area contributed by atoms with Gasteiger partial charge in [-0.25, -0.2) is 0 Å². The minimum atomic E-state index is -0.130. The third-order valence-corrected chi connectivity index (χ3v) is 3.89. The molecule has 0 radical (unpaired) electrons. The van der Waals surface area contributed by atoms with Gasteiger partial charge in [-0.15, -0.1) is 0 Å². The van der Waals surface area contributed by atoms with Crippen LogP contribution in [0.15, 0.2) is 30.5 Å². The lowest BCUT2D eigenvalue weighted by Gasteiger charge is -2.06. The number of carbonyl (C=O) groups excluding carboxylic acids is 1. The average Bonchev–Trinajstić information content (AvgIpc) is 3.17. The van der Waals surface area contributed by atoms with Gasteiger partial charge in [-0.05, 0) is 31.0 Å². The van der Waals surface area contributed by atoms with Gasteiger partial charge in [0, 0.05) is 17.7 Å². The molecule has 21 heavy (non-hydrogen) atoms. The minimum absolute atomic E-state index is 0.0165. The zero-order valence-corrected chi connectivity index (χ0v) is 12.1. The van der Waals surface area contributed by atoms with Gasteiger partial charge >= 0.3 is 5.97 Å². The van der Waals surface area contributed by atoms with E-state index in [1.54, 1.807) is 0 Å². The Labute approximate surface area is 123 Å². The van der Waals surface area contributed by atoms with Gasteiger partial charge in [0.25, 0.3) is 0 Å². The van der Waals surface area contributed by atoms with Gasteiger partial charge in [0.05, 0.1) is 25.3 Å². The van der Waals surface area contributed by atoms with Crippen LogP contribution in [0.1, 0.15) is 12.1 Å². The van der Waals surface area contributed by atoms with Crippen LogP contribution in [0.5, 0.6) is 5.75 Å². The Bertz CT molecular complexity index is 633. The van der Waals surface area contributed by atoms with Crippen molar-refractivity contribution in [3.63, 3.8) is 0 Å². The highest BCUT2D eigenvalue weighted by Crippen LogP contribution is 2.39. The molecule has 1 aromatic carbocycles. The largest absolute Gasteiger partial charge is 0.493 e. The number of nitrogens with one attached hydrogen (secondary N) is 1. The molecule has 5 nitrogen and oxygen atoms in total. The highest BCUT2D eigenvalue weighted by molar-refractivity contribution is 5.75. The SMILES string of the molecule is COC(=O)C1CC1COc1ccc(-c2c[nH]nc2C)cc1. The molecule has 2 aromatic rings. The summed E-state index contributed by atoms with van der Waals surface area (Å²) in [6.07, 6.45) is 2.75. The molecule has 110 valence electrons. The Kier molecular flexibility index (Phi) is 3.64. The lowest BCUT2D eigenvalue weighted by molar-refractivity contribution is -0.142. The Morgan fingerprint density at radius 2 is 2.14 bits per heavy atom. The number of ether oxygens (including phenoxy) is 2. The Balaban J connectivity index is 1.56. The van der Waals surface area contributed by atoms with Crippen molar-refractivity contribution in [1.29, 1.82) is 0 Å². The first kappa shape index (κ1) is 13.7. The zero-order chi connectivity index (χ0) is 14.8. The lowest BCUT2D eigenvalue weighted by atomic mass is 10.1. The van der Waals surface area contributed by atoms with Crippen LogP contribution in [0.2, 0.25) is 0 Å². The first-order chi connectivity index (χ1) is 10.2. The van der Waals surface area contributed by atoms with Crippen molar-refractivity contribution in [2.24, 2.45) is 11.8 Å². The maximum Gasteiger partial charge on any atom is 0.309 e. The molecular formula is C16H18N2O3. The topological polar surface area (TPSA) is 64.2 Å². The van der Waals surface area contributed by atoms with Crippen LogP contribution in [-0.2, 0) is 9.53 Å². The number of nitrogens with zero attached hydrogens (tertiary/aromatic N) is 1. The zero-order valence-electron chi connectivity index (χ0n) is 12.1. The second kappa shape index (κ2) is 5.60. The summed E-state index contributed by atoms with van der Waals surface area (Å²) in [6, 6.07) is 7.91. The highest BCUT2D eigenvalue weighted by Gasteiger charge is 2.44. The molecule has 1 aromatic heterocycles. The van der Waals surface area contributed by atoms with Crippen molar-refractivity contribution in [3.8, 4) is 16.9 Å². The molecule has 1 aliphatic carbocycles. The van der Waals surface area contributed by atoms with Gasteiger partial charge in [-0.3, -0.25) is 9.89 Å². The van der Waals surface area contributed by atoms with Gasteiger partial charge in [0.2, 0.25) is 0 Å². The van der Waals surface area contributed by atoms with Crippen LogP contribution in [0.25, 0.3) is 11.1 Å². The maximum absolute atomic E-state index is 11.3. The van der Waals surface area contributed by atoms with Crippen LogP contribution in [0.3, 0.4) is 0 Å². The Hall–Kier alpha value is -2.30. The molecule has 0 saturated heterocycles. The van der Waals surface area contributed by atoms with Gasteiger partial charge < -0.3 is 9.47 Å². The van der Waals surface area contributed by atoms with Crippen molar-refractivity contribution < 1.29 is 14.3 Å². The molecule has 3 rings (SSSR count). The van der Waals surface area contributed by atoms with E-state index in [2.05, 4.69) is 10.2 Å². The van der Waals surface area contributed by atoms with Gasteiger partial charge in [0.15, 0.2) is 0 Å². The molecule has 2 atom stereocenters. The number of methoxy groups -OCH3 is 1. The molecule has 0 spiro atoms. The fraction of sp³-hybridized carbons (Fsp3) is 0.375. The predicted octanol–water partition coefficient (Wildman–Crippen LogP) is 2.57. The van der Waals surface area contributed by atoms with E-state index in [9.17, 15) is 4.79 Å². The number of hydrogen-bond donors (Lipinski definition) is 1. The van der Waals surface area contributed by atoms with Crippen molar-refractivity contribution in [2.75, 3.05) is 13.7 Å². The molecule has 1 aliphatic rings. The number of hydrogen-bond acceptors (Lipinski definition) is 4. The van der Waals surface area contributed by atoms with Gasteiger partial charge in [-0.1, -0.05) is 12.1 Å². The molecule has 1 fully saturated rings. The van der Waals surface area contributed by atoms with Gasteiger partial charge in [-0.2, -0.15) is 5.10 Å². The van der Waals surface area contributed by atoms with E-state index in [1.807, 2.05) is 37.4 Å². The van der Waals surface area contributed by atoms with E-state index >= 15 is 0 Å². The van der Waals surface area contributed by atoms with E-state index in [0.29, 0.717) is 6.61 Å². The number of rotatable bonds is 5. The summed E-state index contributed by atoms with van der Waals surface area (Å²) in [6.45, 7) is 2.53. The predicted molar refractivity (Wildman–Crippen MR) is 77.9 cm³/mol. The summed E-state index contributed by atoms with van der Waals surface area (Å²) in [7, 11) is 1.43. The standard InChI is InChI=1S/C16H18N2O3/c1-10-15(8-17-18-10)11-3-5-13(6-4-11)21-9-12-7-14(12)16(19)20-2/h3-6,8,12,14H,7,9H2,1-2H3,(H,17,18). The molecule has 5 heteroatoms. The molecule has 0 amide bonds. The monoisotopic (exact) mass is 286 g/mol. The first-order valence-corrected chi connectivity index (χ1v) is 7.00. The van der Waals surface area contributed by atoms with Gasteiger partial charge in [0.1, 0.15) is 5.75 Å². The summed E-state index contributed by atoms with van der Waals surface area (Å²) in [5.74, 6) is 0.987. The number of H-pyrrole nitrogens is 1. The Morgan fingerprint density at radius 3 is 2.76 bits per heavy atom. The highest BCUT2D eigenvalue weighted by atomic mass is 16.5. The molecule has 0 aliphatic heterocycles. The molecule has 1 heterocycles. The van der Waals surface area contributed by atoms with Crippen molar-refractivity contribution in [1.82, 2.24) is 10.2 Å². The Morgan fingerprint density at radius 1 is 1.38 bits per heavy atom. The summed E-state index contributed by atoms with van der Waals surface area (Å²) in [4.78, 5) is 11.3. The molecule has 1 N–H and O–H groups in total. The molecule has 2 unspecified atom stereocenters. The second-order valence-electron chi connectivity index (χ2n) is 5.35. The summed E-state index contributed by atoms with van der Waals surface area (Å²) < 4.78 is 10.4. The van der Waals surface area contributed by atoms with E-state index in [-0.39, 0.29) is 17.8 Å². The number of aromatic amines is 1. The fourth-order valence-corrected chi connectivity index (χ4v) is 2.46. The van der Waals surface area contributed by atoms with E-state index in [1.165, 1.54) is 7.11 Å². The van der Waals surface area contributed by atoms with Crippen LogP contribution in [0.4, 0.5) is 0 Å². The van der Waals surface area contributed by atoms with Crippen LogP contribution >= 0.6 is 0 Å². The van der Waals surface area contributed by atoms with E-state index in [4.69, 9.17) is 9.47 Å². The number of aryl methyl sites for hydroxylation is 1. The normalized spacial score (nSPS) is 20.1. The third kappa shape index (κ3) is 2.91. The number of aromatic nitrogens is 2. The summed E-state index contributed by atoms with van der Waals surface area (Å²) in [5, 5.41) is 6.97. The fourth-order valence-electron chi connectivity index (χ4n) is 2.46. The van der Waals surface area contributed by atoms with Crippen molar-refractivity contribution >= 4 is 5.97 Å². The number of esters is 1. The van der Waals surface area contributed by atoms with E-state index in [0.717, 1.165) is 29.0 Å². The summed E-state index contributed by atoms with van der Waals surface area (Å²) >= 11 is 0. The molecule has 1 saturated carbocycles. The summed E-state index contributed by atoms with van der Waals surface area (Å²) in [5.41, 5.74) is 3.17. The maximum atomic E-state index is 11.3. The van der Waals surface area contributed by atoms with Crippen molar-refractivity contribution in [2.45, 2.75) is 13.3 Å². The average molecular weight is 286 g/mol. The third-order valence-electron chi connectivity index (χ3n) is 3.89. The molecular weight excluding hydrogens is 268 g/mol. The van der Waals surface area contributed by atoms with E-state index < -0.39 is 0 Å². The minimum Gasteiger partial charge on any atom is -0.493 e. The lowest BCUT2D eigenvalue weighted by Crippen LogP contribution is -2.08. The number of carbonyl (C=O) groups is 1. The van der Waals surface area contributed by atoms with Crippen LogP contribution < -0.4 is 4.74 Å². The van der Waals surface area contributed by atoms with Crippen LogP contribution in [-0.4, -0.2) is 29.9 Å². The second-order valence-corrected chi connectivity index (χ2v) is 5.35. The van der Waals surface area contributed by atoms with Crippen molar-refractivity contribution in [3.05, 3.63) is 36.2 Å². The first-order valence-electron chi connectivity index (χ1n) is 7.00. The quantitative estimate of drug-likeness (QED) is 0.858. The smallest absolute Gasteiger partial charge is 0.309 e. The van der Waals surface area contributed by atoms with Crippen LogP contribution in [0, 0.1) is 18.8 Å². The molecule has 0 bridgehead atoms. The number of benzene rings is 1.